The molecule has 3 nitrogen and oxygen atoms in total. The molecule has 4 heteroatoms. The van der Waals surface area contributed by atoms with Gasteiger partial charge in [0.25, 0.3) is 0 Å². The molecule has 0 aliphatic heterocycles. The van der Waals surface area contributed by atoms with E-state index in [9.17, 15) is 0 Å². The van der Waals surface area contributed by atoms with Crippen LogP contribution in [0.2, 0.25) is 0 Å². The number of nitrogens with zero attached hydrogens (tertiary/aromatic N) is 2. The van der Waals surface area contributed by atoms with Crippen molar-refractivity contribution in [2.75, 3.05) is 5.73 Å². The van der Waals surface area contributed by atoms with Gasteiger partial charge in [-0.1, -0.05) is 152 Å². The summed E-state index contributed by atoms with van der Waals surface area (Å²) in [6.45, 7) is 0. The van der Waals surface area contributed by atoms with Crippen LogP contribution in [0.3, 0.4) is 0 Å². The van der Waals surface area contributed by atoms with Crippen LogP contribution in [-0.4, -0.2) is 18.9 Å². The monoisotopic (exact) mass is 619 g/mol. The molecule has 0 radical (unpaired) electrons. The minimum atomic E-state index is -2.63. The Hall–Kier alpha value is -5.97. The van der Waals surface area contributed by atoms with Crippen LogP contribution in [-0.2, 0) is 0 Å². The van der Waals surface area contributed by atoms with E-state index in [4.69, 9.17) is 10.7 Å². The van der Waals surface area contributed by atoms with Crippen LogP contribution in [0.5, 0.6) is 0 Å². The van der Waals surface area contributed by atoms with E-state index in [1.54, 1.807) is 0 Å². The summed E-state index contributed by atoms with van der Waals surface area (Å²) in [6.07, 6.45) is 1.87. The van der Waals surface area contributed by atoms with E-state index in [2.05, 4.69) is 156 Å². The fourth-order valence-electron chi connectivity index (χ4n) is 7.06. The van der Waals surface area contributed by atoms with Crippen molar-refractivity contribution >= 4 is 68.2 Å². The Labute approximate surface area is 275 Å². The van der Waals surface area contributed by atoms with Crippen molar-refractivity contribution in [1.29, 1.82) is 0 Å². The molecule has 224 valence electrons. The number of benzene rings is 7. The number of hydrogen-bond acceptors (Lipinski definition) is 2. The molecule has 0 saturated carbocycles. The van der Waals surface area contributed by atoms with E-state index < -0.39 is 8.07 Å². The Morgan fingerprint density at radius 3 is 1.53 bits per heavy atom. The lowest BCUT2D eigenvalue weighted by Crippen LogP contribution is -2.74. The van der Waals surface area contributed by atoms with Gasteiger partial charge in [0.1, 0.15) is 0 Å². The lowest BCUT2D eigenvalue weighted by Gasteiger charge is -2.34. The standard InChI is InChI=1S/C43H33N3Si/c44-42-32(31-45-33-15-5-1-6-16-33)25-30-40-39-23-13-14-24-41(39)46(43(40)42)34-26-28-38(29-27-34)47(35-17-7-2-8-18-35,36-19-9-3-10-20-36)37-21-11-4-12-22-37/h1-31H,44H2. The van der Waals surface area contributed by atoms with Gasteiger partial charge >= 0.3 is 0 Å². The van der Waals surface area contributed by atoms with Crippen molar-refractivity contribution in [3.05, 3.63) is 188 Å². The second-order valence-electron chi connectivity index (χ2n) is 11.8. The molecule has 8 rings (SSSR count). The van der Waals surface area contributed by atoms with Crippen LogP contribution in [0.4, 0.5) is 11.4 Å². The van der Waals surface area contributed by atoms with E-state index in [-0.39, 0.29) is 0 Å². The molecule has 0 fully saturated rings. The molecule has 2 N–H and O–H groups in total. The number of rotatable bonds is 7. The summed E-state index contributed by atoms with van der Waals surface area (Å²) in [6, 6.07) is 65.0. The smallest absolute Gasteiger partial charge is 0.179 e. The fourth-order valence-corrected chi connectivity index (χ4v) is 11.8. The number of para-hydroxylation sites is 2. The molecule has 7 aromatic carbocycles. The molecule has 1 heterocycles. The number of nitrogens with two attached hydrogens (primary N) is 1. The minimum absolute atomic E-state index is 0.712. The zero-order chi connectivity index (χ0) is 31.6. The average molecular weight is 620 g/mol. The van der Waals surface area contributed by atoms with Gasteiger partial charge in [0.05, 0.1) is 22.4 Å². The molecular formula is C43H33N3Si. The SMILES string of the molecule is Nc1c(C=Nc2ccccc2)ccc2c3ccccc3n(-c3ccc([Si](c4ccccc4)(c4ccccc4)c4ccccc4)cc3)c12. The third kappa shape index (κ3) is 4.87. The summed E-state index contributed by atoms with van der Waals surface area (Å²) >= 11 is 0. The first-order chi connectivity index (χ1) is 23.2. The molecule has 0 bridgehead atoms. The van der Waals surface area contributed by atoms with Gasteiger partial charge in [0.2, 0.25) is 0 Å². The number of hydrogen-bond donors (Lipinski definition) is 1. The molecule has 8 aromatic rings. The van der Waals surface area contributed by atoms with Gasteiger partial charge in [-0.2, -0.15) is 0 Å². The number of aromatic nitrogens is 1. The summed E-state index contributed by atoms with van der Waals surface area (Å²) in [5.41, 5.74) is 12.7. The summed E-state index contributed by atoms with van der Waals surface area (Å²) in [5.74, 6) is 0. The lowest BCUT2D eigenvalue weighted by atomic mass is 10.1. The van der Waals surface area contributed by atoms with Crippen LogP contribution in [0.1, 0.15) is 5.56 Å². The maximum absolute atomic E-state index is 7.01. The van der Waals surface area contributed by atoms with Crippen molar-refractivity contribution in [1.82, 2.24) is 4.57 Å². The Bertz CT molecular complexity index is 2230. The first kappa shape index (κ1) is 28.5. The molecular weight excluding hydrogens is 587 g/mol. The highest BCUT2D eigenvalue weighted by molar-refractivity contribution is 7.19. The van der Waals surface area contributed by atoms with Crippen LogP contribution in [0.25, 0.3) is 27.5 Å². The highest BCUT2D eigenvalue weighted by atomic mass is 28.3. The molecule has 0 spiro atoms. The summed E-state index contributed by atoms with van der Waals surface area (Å²) in [5, 5.41) is 7.69. The van der Waals surface area contributed by atoms with Gasteiger partial charge in [0, 0.05) is 28.2 Å². The van der Waals surface area contributed by atoms with E-state index in [1.807, 2.05) is 36.5 Å². The van der Waals surface area contributed by atoms with E-state index >= 15 is 0 Å². The van der Waals surface area contributed by atoms with Crippen LogP contribution < -0.4 is 26.5 Å². The molecule has 47 heavy (non-hydrogen) atoms. The van der Waals surface area contributed by atoms with Gasteiger partial charge in [-0.3, -0.25) is 4.99 Å². The summed E-state index contributed by atoms with van der Waals surface area (Å²) < 4.78 is 2.31. The van der Waals surface area contributed by atoms with Crippen molar-refractivity contribution < 1.29 is 0 Å². The molecule has 0 aliphatic carbocycles. The van der Waals surface area contributed by atoms with Gasteiger partial charge < -0.3 is 10.3 Å². The third-order valence-electron chi connectivity index (χ3n) is 9.20. The number of fused-ring (bicyclic) bond motifs is 3. The van der Waals surface area contributed by atoms with E-state index in [0.717, 1.165) is 33.4 Å². The summed E-state index contributed by atoms with van der Waals surface area (Å²) in [4.78, 5) is 4.72. The second kappa shape index (κ2) is 12.1. The Morgan fingerprint density at radius 1 is 0.468 bits per heavy atom. The largest absolute Gasteiger partial charge is 0.396 e. The molecule has 1 aromatic heterocycles. The predicted molar refractivity (Wildman–Crippen MR) is 203 cm³/mol. The van der Waals surface area contributed by atoms with E-state index in [0.29, 0.717) is 5.69 Å². The fraction of sp³-hybridized carbons (Fsp3) is 0. The van der Waals surface area contributed by atoms with Gasteiger partial charge in [-0.25, -0.2) is 0 Å². The molecule has 0 unspecified atom stereocenters. The quantitative estimate of drug-likeness (QED) is 0.0854. The normalized spacial score (nSPS) is 11.8. The van der Waals surface area contributed by atoms with Crippen LogP contribution in [0.15, 0.2) is 187 Å². The average Bonchev–Trinajstić information content (AvgIpc) is 3.49. The maximum atomic E-state index is 7.01. The van der Waals surface area contributed by atoms with Crippen molar-refractivity contribution in [2.24, 2.45) is 4.99 Å². The molecule has 0 atom stereocenters. The molecule has 0 aliphatic rings. The number of anilines is 1. The molecule has 0 amide bonds. The maximum Gasteiger partial charge on any atom is 0.179 e. The van der Waals surface area contributed by atoms with E-state index in [1.165, 1.54) is 26.1 Å². The van der Waals surface area contributed by atoms with Gasteiger partial charge in [-0.15, -0.1) is 0 Å². The number of nitrogen functional groups attached to an aromatic ring is 1. The minimum Gasteiger partial charge on any atom is -0.396 e. The number of aliphatic imine (C=N–C) groups is 1. The van der Waals surface area contributed by atoms with Crippen LogP contribution >= 0.6 is 0 Å². The zero-order valence-corrected chi connectivity index (χ0v) is 26.9. The van der Waals surface area contributed by atoms with Crippen molar-refractivity contribution in [2.45, 2.75) is 0 Å². The molecule has 0 saturated heterocycles. The Kier molecular flexibility index (Phi) is 7.33. The first-order valence-electron chi connectivity index (χ1n) is 15.9. The van der Waals surface area contributed by atoms with Crippen molar-refractivity contribution in [3.8, 4) is 5.69 Å². The van der Waals surface area contributed by atoms with Gasteiger partial charge in [-0.05, 0) is 51.1 Å². The third-order valence-corrected chi connectivity index (χ3v) is 14.0. The Morgan fingerprint density at radius 2 is 0.957 bits per heavy atom. The topological polar surface area (TPSA) is 43.3 Å². The highest BCUT2D eigenvalue weighted by Crippen LogP contribution is 2.36. The van der Waals surface area contributed by atoms with Crippen molar-refractivity contribution in [3.63, 3.8) is 0 Å². The first-order valence-corrected chi connectivity index (χ1v) is 17.9. The zero-order valence-electron chi connectivity index (χ0n) is 25.9. The predicted octanol–water partition coefficient (Wildman–Crippen LogP) is 7.49. The lowest BCUT2D eigenvalue weighted by molar-refractivity contribution is 1.18. The van der Waals surface area contributed by atoms with Crippen LogP contribution in [0, 0.1) is 0 Å². The second-order valence-corrected chi connectivity index (χ2v) is 15.6. The highest BCUT2D eigenvalue weighted by Gasteiger charge is 2.41. The Balaban J connectivity index is 1.34. The van der Waals surface area contributed by atoms with Gasteiger partial charge in [0.15, 0.2) is 8.07 Å². The summed E-state index contributed by atoms with van der Waals surface area (Å²) in [7, 11) is -2.63.